The van der Waals surface area contributed by atoms with Gasteiger partial charge in [0.2, 0.25) is 5.91 Å². The summed E-state index contributed by atoms with van der Waals surface area (Å²) in [5.41, 5.74) is 1.83. The van der Waals surface area contributed by atoms with Crippen LogP contribution in [0.5, 0.6) is 0 Å². The summed E-state index contributed by atoms with van der Waals surface area (Å²) in [7, 11) is 0. The standard InChI is InChI=1S/C14H17NO3S/c1-9-4-6-12(7-5-9)15-13(18)8-19-14(10(2)16)11(3)17/h4-7,16H,8H2,1-3H3,(H,15,18)/b14-10-. The van der Waals surface area contributed by atoms with Gasteiger partial charge in [-0.25, -0.2) is 0 Å². The maximum atomic E-state index is 11.7. The number of Topliss-reactive ketones (excluding diaryl/α,β-unsaturated/α-hetero) is 1. The predicted octanol–water partition coefficient (Wildman–Crippen LogP) is 3.05. The van der Waals surface area contributed by atoms with Crippen LogP contribution in [0, 0.1) is 6.92 Å². The van der Waals surface area contributed by atoms with Crippen LogP contribution < -0.4 is 5.32 Å². The molecule has 0 aromatic heterocycles. The van der Waals surface area contributed by atoms with Crippen molar-refractivity contribution in [2.45, 2.75) is 20.8 Å². The monoisotopic (exact) mass is 279 g/mol. The van der Waals surface area contributed by atoms with Crippen molar-refractivity contribution >= 4 is 29.1 Å². The summed E-state index contributed by atoms with van der Waals surface area (Å²) in [6, 6.07) is 7.44. The number of benzene rings is 1. The highest BCUT2D eigenvalue weighted by Crippen LogP contribution is 2.20. The molecule has 0 bridgehead atoms. The van der Waals surface area contributed by atoms with Crippen molar-refractivity contribution in [1.29, 1.82) is 0 Å². The number of thioether (sulfide) groups is 1. The smallest absolute Gasteiger partial charge is 0.234 e. The Kier molecular flexibility index (Phi) is 5.63. The Bertz CT molecular complexity index is 502. The van der Waals surface area contributed by atoms with E-state index in [1.807, 2.05) is 31.2 Å². The van der Waals surface area contributed by atoms with Gasteiger partial charge in [-0.05, 0) is 32.9 Å². The van der Waals surface area contributed by atoms with Crippen LogP contribution in [-0.2, 0) is 9.59 Å². The molecular weight excluding hydrogens is 262 g/mol. The molecule has 0 fully saturated rings. The molecule has 0 heterocycles. The van der Waals surface area contributed by atoms with Gasteiger partial charge in [0.25, 0.3) is 0 Å². The lowest BCUT2D eigenvalue weighted by Gasteiger charge is -2.07. The van der Waals surface area contributed by atoms with Gasteiger partial charge in [0.05, 0.1) is 10.7 Å². The fraction of sp³-hybridized carbons (Fsp3) is 0.286. The summed E-state index contributed by atoms with van der Waals surface area (Å²) in [4.78, 5) is 23.1. The Morgan fingerprint density at radius 1 is 1.21 bits per heavy atom. The van der Waals surface area contributed by atoms with Crippen LogP contribution in [0.4, 0.5) is 5.69 Å². The van der Waals surface area contributed by atoms with E-state index in [2.05, 4.69) is 5.32 Å². The fourth-order valence-electron chi connectivity index (χ4n) is 1.43. The zero-order valence-electron chi connectivity index (χ0n) is 11.2. The molecule has 4 nitrogen and oxygen atoms in total. The number of nitrogens with one attached hydrogen (secondary N) is 1. The lowest BCUT2D eigenvalue weighted by atomic mass is 10.2. The molecule has 0 saturated heterocycles. The van der Waals surface area contributed by atoms with Crippen LogP contribution in [0.25, 0.3) is 0 Å². The quantitative estimate of drug-likeness (QED) is 0.642. The van der Waals surface area contributed by atoms with E-state index in [0.717, 1.165) is 17.3 Å². The molecule has 1 rings (SSSR count). The first-order chi connectivity index (χ1) is 8.90. The van der Waals surface area contributed by atoms with Crippen LogP contribution in [0.3, 0.4) is 0 Å². The molecule has 0 saturated carbocycles. The first kappa shape index (κ1) is 15.3. The average molecular weight is 279 g/mol. The van der Waals surface area contributed by atoms with Crippen molar-refractivity contribution in [3.8, 4) is 0 Å². The number of aliphatic hydroxyl groups excluding tert-OH is 1. The van der Waals surface area contributed by atoms with Gasteiger partial charge in [0.15, 0.2) is 5.78 Å². The number of hydrogen-bond acceptors (Lipinski definition) is 4. The normalized spacial score (nSPS) is 11.7. The van der Waals surface area contributed by atoms with Crippen LogP contribution >= 0.6 is 11.8 Å². The Morgan fingerprint density at radius 2 is 1.79 bits per heavy atom. The molecule has 5 heteroatoms. The van der Waals surface area contributed by atoms with E-state index in [4.69, 9.17) is 0 Å². The Hall–Kier alpha value is -1.75. The molecule has 0 spiro atoms. The third-order valence-electron chi connectivity index (χ3n) is 2.33. The van der Waals surface area contributed by atoms with E-state index in [1.54, 1.807) is 0 Å². The highest BCUT2D eigenvalue weighted by molar-refractivity contribution is 8.04. The minimum Gasteiger partial charge on any atom is -0.511 e. The first-order valence-corrected chi connectivity index (χ1v) is 6.79. The molecule has 0 aliphatic carbocycles. The molecule has 102 valence electrons. The molecule has 2 N–H and O–H groups in total. The first-order valence-electron chi connectivity index (χ1n) is 5.80. The molecule has 0 radical (unpaired) electrons. The summed E-state index contributed by atoms with van der Waals surface area (Å²) in [5.74, 6) is -0.427. The maximum absolute atomic E-state index is 11.7. The Labute approximate surface area is 116 Å². The summed E-state index contributed by atoms with van der Waals surface area (Å²) in [5, 5.41) is 12.0. The zero-order valence-corrected chi connectivity index (χ0v) is 12.0. The second-order valence-corrected chi connectivity index (χ2v) is 5.16. The van der Waals surface area contributed by atoms with E-state index in [9.17, 15) is 14.7 Å². The molecule has 1 aromatic carbocycles. The summed E-state index contributed by atoms with van der Waals surface area (Å²) >= 11 is 1.04. The van der Waals surface area contributed by atoms with Crippen LogP contribution in [0.15, 0.2) is 34.9 Å². The van der Waals surface area contributed by atoms with Crippen LogP contribution in [0.1, 0.15) is 19.4 Å². The van der Waals surface area contributed by atoms with E-state index in [1.165, 1.54) is 13.8 Å². The van der Waals surface area contributed by atoms with Gasteiger partial charge in [-0.3, -0.25) is 9.59 Å². The van der Waals surface area contributed by atoms with Gasteiger partial charge in [-0.15, -0.1) is 11.8 Å². The number of allylic oxidation sites excluding steroid dienone is 2. The molecule has 0 unspecified atom stereocenters. The Balaban J connectivity index is 2.55. The average Bonchev–Trinajstić information content (AvgIpc) is 2.31. The van der Waals surface area contributed by atoms with Crippen molar-refractivity contribution < 1.29 is 14.7 Å². The van der Waals surface area contributed by atoms with Crippen LogP contribution in [0.2, 0.25) is 0 Å². The number of carbonyl (C=O) groups is 2. The van der Waals surface area contributed by atoms with E-state index < -0.39 is 0 Å². The number of carbonyl (C=O) groups excluding carboxylic acids is 2. The molecule has 1 amide bonds. The second kappa shape index (κ2) is 6.99. The van der Waals surface area contributed by atoms with Crippen molar-refractivity contribution in [3.05, 3.63) is 40.5 Å². The van der Waals surface area contributed by atoms with Crippen LogP contribution in [-0.4, -0.2) is 22.5 Å². The summed E-state index contributed by atoms with van der Waals surface area (Å²) in [6.45, 7) is 4.76. The van der Waals surface area contributed by atoms with Crippen molar-refractivity contribution in [2.75, 3.05) is 11.1 Å². The molecule has 0 aliphatic heterocycles. The molecule has 0 aliphatic rings. The molecule has 19 heavy (non-hydrogen) atoms. The van der Waals surface area contributed by atoms with Gasteiger partial charge in [0.1, 0.15) is 5.76 Å². The maximum Gasteiger partial charge on any atom is 0.234 e. The van der Waals surface area contributed by atoms with Gasteiger partial charge in [0, 0.05) is 5.69 Å². The minimum absolute atomic E-state index is 0.0550. The largest absolute Gasteiger partial charge is 0.511 e. The third kappa shape index (κ3) is 5.18. The lowest BCUT2D eigenvalue weighted by Crippen LogP contribution is -2.15. The number of amides is 1. The number of hydrogen-bond donors (Lipinski definition) is 2. The van der Waals surface area contributed by atoms with E-state index >= 15 is 0 Å². The second-order valence-electron chi connectivity index (χ2n) is 4.17. The van der Waals surface area contributed by atoms with Crippen molar-refractivity contribution in [1.82, 2.24) is 0 Å². The minimum atomic E-state index is -0.242. The van der Waals surface area contributed by atoms with Gasteiger partial charge in [-0.1, -0.05) is 17.7 Å². The van der Waals surface area contributed by atoms with Gasteiger partial charge < -0.3 is 10.4 Å². The summed E-state index contributed by atoms with van der Waals surface area (Å²) in [6.07, 6.45) is 0. The van der Waals surface area contributed by atoms with Crippen molar-refractivity contribution in [3.63, 3.8) is 0 Å². The molecular formula is C14H17NO3S. The topological polar surface area (TPSA) is 66.4 Å². The highest BCUT2D eigenvalue weighted by Gasteiger charge is 2.11. The van der Waals surface area contributed by atoms with E-state index in [0.29, 0.717) is 5.69 Å². The van der Waals surface area contributed by atoms with Gasteiger partial charge in [-0.2, -0.15) is 0 Å². The van der Waals surface area contributed by atoms with Gasteiger partial charge >= 0.3 is 0 Å². The number of anilines is 1. The number of aryl methyl sites for hydroxylation is 1. The molecule has 0 atom stereocenters. The SMILES string of the molecule is CC(=O)/C(SCC(=O)Nc1ccc(C)cc1)=C(\C)O. The zero-order chi connectivity index (χ0) is 14.4. The highest BCUT2D eigenvalue weighted by atomic mass is 32.2. The predicted molar refractivity (Wildman–Crippen MR) is 78.3 cm³/mol. The van der Waals surface area contributed by atoms with E-state index in [-0.39, 0.29) is 28.1 Å². The number of ketones is 1. The summed E-state index contributed by atoms with van der Waals surface area (Å²) < 4.78 is 0. The number of aliphatic hydroxyl groups is 1. The lowest BCUT2D eigenvalue weighted by molar-refractivity contribution is -0.114. The third-order valence-corrected chi connectivity index (χ3v) is 3.61. The Morgan fingerprint density at radius 3 is 2.26 bits per heavy atom. The molecule has 1 aromatic rings. The number of rotatable bonds is 5. The van der Waals surface area contributed by atoms with Crippen molar-refractivity contribution in [2.24, 2.45) is 0 Å². The fourth-order valence-corrected chi connectivity index (χ4v) is 2.19.